The number of ketones is 1. The van der Waals surface area contributed by atoms with E-state index in [4.69, 9.17) is 5.14 Å². The van der Waals surface area contributed by atoms with Crippen LogP contribution in [0.25, 0.3) is 0 Å². The number of nitrogens with one attached hydrogen (secondary N) is 1. The molecule has 2 aromatic heterocycles. The first kappa shape index (κ1) is 23.7. The molecule has 2 aromatic rings. The molecule has 31 heavy (non-hydrogen) atoms. The van der Waals surface area contributed by atoms with Gasteiger partial charge in [0.05, 0.1) is 34.8 Å². The zero-order valence-corrected chi connectivity index (χ0v) is 18.4. The molecule has 2 heterocycles. The van der Waals surface area contributed by atoms with Crippen molar-refractivity contribution in [3.63, 3.8) is 0 Å². The number of hydrogen-bond acceptors (Lipinski definition) is 11. The second-order valence-corrected chi connectivity index (χ2v) is 10.1. The third kappa shape index (κ3) is 5.63. The van der Waals surface area contributed by atoms with E-state index < -0.39 is 40.1 Å². The Morgan fingerprint density at radius 3 is 2.68 bits per heavy atom. The Morgan fingerprint density at radius 2 is 2.06 bits per heavy atom. The number of rotatable bonds is 8. The molecule has 1 fully saturated rings. The lowest BCUT2D eigenvalue weighted by Gasteiger charge is -2.19. The molecule has 1 saturated carbocycles. The van der Waals surface area contributed by atoms with Gasteiger partial charge < -0.3 is 20.6 Å². The smallest absolute Gasteiger partial charge is 0.333 e. The van der Waals surface area contributed by atoms with Crippen molar-refractivity contribution >= 4 is 33.2 Å². The summed E-state index contributed by atoms with van der Waals surface area (Å²) in [5.41, 5.74) is -0.937. The minimum atomic E-state index is -4.18. The van der Waals surface area contributed by atoms with Crippen LogP contribution in [0, 0.1) is 5.92 Å². The van der Waals surface area contributed by atoms with Gasteiger partial charge in [-0.15, -0.1) is 11.3 Å². The molecule has 0 bridgehead atoms. The summed E-state index contributed by atoms with van der Waals surface area (Å²) in [4.78, 5) is 22.0. The summed E-state index contributed by atoms with van der Waals surface area (Å²) in [5.74, 6) is -0.910. The Morgan fingerprint density at radius 1 is 1.35 bits per heavy atom. The number of nitrogens with zero attached hydrogens (tertiary/aromatic N) is 2. The van der Waals surface area contributed by atoms with Crippen LogP contribution >= 0.6 is 11.3 Å². The summed E-state index contributed by atoms with van der Waals surface area (Å²) >= 11 is 1.15. The Kier molecular flexibility index (Phi) is 6.76. The summed E-state index contributed by atoms with van der Waals surface area (Å²) in [6.07, 6.45) is 0.204. The predicted molar refractivity (Wildman–Crippen MR) is 112 cm³/mol. The minimum Gasteiger partial charge on any atom is -0.390 e. The Bertz CT molecular complexity index is 1050. The molecule has 13 heteroatoms. The number of carbonyl (C=O) groups is 1. The van der Waals surface area contributed by atoms with E-state index in [1.807, 2.05) is 0 Å². The van der Waals surface area contributed by atoms with Gasteiger partial charge in [-0.2, -0.15) is 8.42 Å². The third-order valence-corrected chi connectivity index (χ3v) is 6.82. The van der Waals surface area contributed by atoms with E-state index in [-0.39, 0.29) is 30.2 Å². The zero-order chi connectivity index (χ0) is 23.0. The number of carbonyl (C=O) groups excluding carboxylic acids is 1. The van der Waals surface area contributed by atoms with Gasteiger partial charge in [0.25, 0.3) is 0 Å². The quantitative estimate of drug-likeness (QED) is 0.321. The van der Waals surface area contributed by atoms with Crippen molar-refractivity contribution in [2.75, 3.05) is 11.9 Å². The Hall–Kier alpha value is -2.00. The highest BCUT2D eigenvalue weighted by Crippen LogP contribution is 2.32. The molecule has 1 aliphatic carbocycles. The van der Waals surface area contributed by atoms with Crippen LogP contribution in [-0.4, -0.2) is 64.3 Å². The van der Waals surface area contributed by atoms with Crippen LogP contribution in [0.3, 0.4) is 0 Å². The van der Waals surface area contributed by atoms with E-state index in [2.05, 4.69) is 19.5 Å². The molecule has 0 aromatic carbocycles. The first-order chi connectivity index (χ1) is 14.4. The van der Waals surface area contributed by atoms with Crippen molar-refractivity contribution in [1.82, 2.24) is 9.97 Å². The molecule has 3 rings (SSSR count). The number of aliphatic hydroxyl groups is 3. The first-order valence-corrected chi connectivity index (χ1v) is 11.6. The van der Waals surface area contributed by atoms with Gasteiger partial charge in [0.2, 0.25) is 5.78 Å². The van der Waals surface area contributed by atoms with Gasteiger partial charge in [0.1, 0.15) is 18.2 Å². The fraction of sp³-hybridized carbons (Fsp3) is 0.500. The third-order valence-electron chi connectivity index (χ3n) is 4.96. The molecular formula is C18H24N4O7S2. The number of anilines is 1. The highest BCUT2D eigenvalue weighted by Gasteiger charge is 2.42. The van der Waals surface area contributed by atoms with Crippen molar-refractivity contribution in [3.05, 3.63) is 40.0 Å². The lowest BCUT2D eigenvalue weighted by molar-refractivity contribution is 0.00778. The van der Waals surface area contributed by atoms with Gasteiger partial charge in [-0.3, -0.25) is 8.98 Å². The molecule has 170 valence electrons. The fourth-order valence-electron chi connectivity index (χ4n) is 3.32. The first-order valence-electron chi connectivity index (χ1n) is 9.34. The number of aromatic nitrogens is 2. The summed E-state index contributed by atoms with van der Waals surface area (Å²) in [6, 6.07) is 2.55. The van der Waals surface area contributed by atoms with E-state index in [0.29, 0.717) is 9.75 Å². The molecule has 0 saturated heterocycles. The predicted octanol–water partition coefficient (Wildman–Crippen LogP) is -0.261. The number of aliphatic hydroxyl groups excluding tert-OH is 2. The van der Waals surface area contributed by atoms with Crippen LogP contribution in [0.5, 0.6) is 0 Å². The van der Waals surface area contributed by atoms with E-state index >= 15 is 0 Å². The number of nitrogens with two attached hydrogens (primary N) is 1. The molecule has 0 amide bonds. The Labute approximate surface area is 183 Å². The summed E-state index contributed by atoms with van der Waals surface area (Å²) < 4.78 is 26.5. The molecule has 6 N–H and O–H groups in total. The van der Waals surface area contributed by atoms with Crippen molar-refractivity contribution in [2.24, 2.45) is 11.1 Å². The van der Waals surface area contributed by atoms with Crippen molar-refractivity contribution in [1.29, 1.82) is 0 Å². The van der Waals surface area contributed by atoms with Crippen LogP contribution in [0.15, 0.2) is 24.7 Å². The highest BCUT2D eigenvalue weighted by atomic mass is 32.2. The maximum atomic E-state index is 13.0. The van der Waals surface area contributed by atoms with Crippen molar-refractivity contribution < 1.29 is 32.7 Å². The molecule has 4 atom stereocenters. The zero-order valence-electron chi connectivity index (χ0n) is 16.8. The number of thiophene rings is 1. The van der Waals surface area contributed by atoms with Gasteiger partial charge in [-0.1, -0.05) is 0 Å². The van der Waals surface area contributed by atoms with Crippen LogP contribution in [-0.2, 0) is 20.1 Å². The average molecular weight is 473 g/mol. The maximum absolute atomic E-state index is 13.0. The monoisotopic (exact) mass is 472 g/mol. The molecule has 0 radical (unpaired) electrons. The highest BCUT2D eigenvalue weighted by molar-refractivity contribution is 7.84. The molecule has 1 aliphatic rings. The number of hydrogen-bond donors (Lipinski definition) is 5. The van der Waals surface area contributed by atoms with E-state index in [9.17, 15) is 28.5 Å². The topological polar surface area (TPSA) is 185 Å². The molecule has 0 spiro atoms. The SMILES string of the molecule is CC(C)(O)c1ccc(C(=O)c2cncnc2N[C@@H]2C[C@H](COS(N)(=O)=O)[C@@H](O)[C@H]2O)s1. The van der Waals surface area contributed by atoms with Gasteiger partial charge in [-0.25, -0.2) is 15.1 Å². The van der Waals surface area contributed by atoms with Crippen LogP contribution in [0.1, 0.15) is 40.4 Å². The van der Waals surface area contributed by atoms with E-state index in [1.54, 1.807) is 26.0 Å². The molecule has 11 nitrogen and oxygen atoms in total. The summed E-state index contributed by atoms with van der Waals surface area (Å²) in [5, 5.41) is 38.4. The van der Waals surface area contributed by atoms with Gasteiger partial charge in [0.15, 0.2) is 0 Å². The van der Waals surface area contributed by atoms with Crippen LogP contribution in [0.4, 0.5) is 5.82 Å². The van der Waals surface area contributed by atoms with Gasteiger partial charge >= 0.3 is 10.3 Å². The average Bonchev–Trinajstić information content (AvgIpc) is 3.27. The largest absolute Gasteiger partial charge is 0.390 e. The lowest BCUT2D eigenvalue weighted by atomic mass is 10.1. The van der Waals surface area contributed by atoms with E-state index in [0.717, 1.165) is 11.3 Å². The van der Waals surface area contributed by atoms with E-state index in [1.165, 1.54) is 12.5 Å². The standard InChI is InChI=1S/C18H24N4O7S2/c1-18(2,26)13-4-3-12(30-13)15(24)10-6-20-8-21-17(10)22-11-5-9(14(23)16(11)25)7-29-31(19,27)28/h3-4,6,8-9,11,14,16,23,25-26H,5,7H2,1-2H3,(H2,19,27,28)(H,20,21,22)/t9-,11-,14-,16+/m1/s1. The van der Waals surface area contributed by atoms with Gasteiger partial charge in [0, 0.05) is 17.0 Å². The fourth-order valence-corrected chi connectivity index (χ4v) is 4.65. The maximum Gasteiger partial charge on any atom is 0.333 e. The molecular weight excluding hydrogens is 448 g/mol. The normalized spacial score (nSPS) is 24.3. The summed E-state index contributed by atoms with van der Waals surface area (Å²) in [6.45, 7) is 2.85. The second kappa shape index (κ2) is 8.86. The minimum absolute atomic E-state index is 0.150. The lowest BCUT2D eigenvalue weighted by Crippen LogP contribution is -2.36. The Balaban J connectivity index is 1.78. The van der Waals surface area contributed by atoms with Crippen LogP contribution < -0.4 is 10.5 Å². The van der Waals surface area contributed by atoms with Crippen molar-refractivity contribution in [2.45, 2.75) is 44.1 Å². The van der Waals surface area contributed by atoms with Crippen LogP contribution in [0.2, 0.25) is 0 Å². The van der Waals surface area contributed by atoms with Gasteiger partial charge in [-0.05, 0) is 32.4 Å². The van der Waals surface area contributed by atoms with Crippen molar-refractivity contribution in [3.8, 4) is 0 Å². The second-order valence-electron chi connectivity index (χ2n) is 7.84. The molecule has 0 unspecified atom stereocenters. The molecule has 0 aliphatic heterocycles. The summed E-state index contributed by atoms with van der Waals surface area (Å²) in [7, 11) is -4.18.